The van der Waals surface area contributed by atoms with Crippen molar-refractivity contribution in [2.24, 2.45) is 5.84 Å². The SMILES string of the molecule is NNC=O.O=C1C[C+]2CC(=O)O[B-]2(C(=S)NC2CCCCC2)O1.O=C1C[C+]2CC(=O)O[B-]2(c2nncn2C2CCCCC2)O1. The fraction of sp³-hybridized carbons (Fsp3) is 0.615. The van der Waals surface area contributed by atoms with E-state index in [2.05, 4.69) is 21.4 Å². The van der Waals surface area contributed by atoms with Crippen LogP contribution in [-0.2, 0) is 42.6 Å². The molecule has 4 saturated heterocycles. The molecule has 0 unspecified atom stereocenters. The first-order valence-corrected chi connectivity index (χ1v) is 15.6. The van der Waals surface area contributed by atoms with Crippen molar-refractivity contribution in [3.05, 3.63) is 18.0 Å². The van der Waals surface area contributed by atoms with Crippen molar-refractivity contribution in [2.75, 3.05) is 0 Å². The van der Waals surface area contributed by atoms with Crippen LogP contribution < -0.4 is 22.3 Å². The van der Waals surface area contributed by atoms with Crippen LogP contribution in [0.5, 0.6) is 0 Å². The van der Waals surface area contributed by atoms with Crippen LogP contribution in [0.25, 0.3) is 0 Å². The molecule has 2 aliphatic carbocycles. The molecule has 236 valence electrons. The van der Waals surface area contributed by atoms with Crippen molar-refractivity contribution in [3.8, 4) is 0 Å². The number of amides is 1. The number of nitrogens with one attached hydrogen (secondary N) is 2. The molecule has 0 spiro atoms. The molecule has 7 rings (SSSR count). The summed E-state index contributed by atoms with van der Waals surface area (Å²) in [6.07, 6.45) is 14.1. The minimum atomic E-state index is -2.21. The minimum absolute atomic E-state index is 0.142. The van der Waals surface area contributed by atoms with Gasteiger partial charge in [-0.3, -0.25) is 29.4 Å². The van der Waals surface area contributed by atoms with Crippen LogP contribution in [0, 0.1) is 11.6 Å². The van der Waals surface area contributed by atoms with Gasteiger partial charge in [-0.15, -0.1) is 5.10 Å². The molecule has 6 fully saturated rings. The number of carbonyl (C=O) groups excluding carboxylic acids is 5. The third kappa shape index (κ3) is 6.36. The van der Waals surface area contributed by atoms with E-state index in [0.29, 0.717) is 40.7 Å². The van der Waals surface area contributed by atoms with E-state index in [1.54, 1.807) is 11.8 Å². The number of nitrogens with two attached hydrogens (primary N) is 1. The summed E-state index contributed by atoms with van der Waals surface area (Å²) < 4.78 is 23.4. The maximum absolute atomic E-state index is 11.7. The number of carbonyl (C=O) groups is 5. The van der Waals surface area contributed by atoms with Crippen LogP contribution in [-0.4, -0.2) is 69.1 Å². The van der Waals surface area contributed by atoms with Crippen molar-refractivity contribution in [2.45, 2.75) is 102 Å². The zero-order chi connectivity index (χ0) is 31.3. The maximum Gasteiger partial charge on any atom is 0.624 e. The van der Waals surface area contributed by atoms with Gasteiger partial charge in [0.15, 0.2) is 0 Å². The molecular formula is C26H36B2N6O9S. The summed E-state index contributed by atoms with van der Waals surface area (Å²) in [5.74, 6) is 4.41. The summed E-state index contributed by atoms with van der Waals surface area (Å²) in [6.45, 7) is -4.37. The summed E-state index contributed by atoms with van der Waals surface area (Å²) in [4.78, 5) is 55.6. The maximum atomic E-state index is 11.7. The zero-order valence-electron chi connectivity index (χ0n) is 24.4. The predicted molar refractivity (Wildman–Crippen MR) is 159 cm³/mol. The third-order valence-electron chi connectivity index (χ3n) is 9.02. The molecule has 18 heteroatoms. The van der Waals surface area contributed by atoms with Crippen LogP contribution >= 0.6 is 12.2 Å². The van der Waals surface area contributed by atoms with E-state index in [9.17, 15) is 19.2 Å². The summed E-state index contributed by atoms with van der Waals surface area (Å²) >= 11 is 5.37. The van der Waals surface area contributed by atoms with E-state index >= 15 is 0 Å². The van der Waals surface area contributed by atoms with E-state index < -0.39 is 13.1 Å². The predicted octanol–water partition coefficient (Wildman–Crippen LogP) is 0.271. The van der Waals surface area contributed by atoms with Crippen molar-refractivity contribution < 1.29 is 42.6 Å². The highest BCUT2D eigenvalue weighted by Gasteiger charge is 2.69. The second-order valence-corrected chi connectivity index (χ2v) is 12.4. The van der Waals surface area contributed by atoms with Gasteiger partial charge in [0.2, 0.25) is 6.41 Å². The molecule has 0 aromatic carbocycles. The molecular weight excluding hydrogens is 594 g/mol. The molecule has 4 N–H and O–H groups in total. The second kappa shape index (κ2) is 13.5. The average Bonchev–Trinajstić information content (AvgIpc) is 3.80. The second-order valence-electron chi connectivity index (χ2n) is 11.9. The Morgan fingerprint density at radius 1 is 0.864 bits per heavy atom. The average molecular weight is 630 g/mol. The number of nitrogens with zero attached hydrogens (tertiary/aromatic N) is 3. The number of thiocarbonyl (C=S) groups is 1. The summed E-state index contributed by atoms with van der Waals surface area (Å²) in [5, 5.41) is 11.4. The molecule has 0 radical (unpaired) electrons. The van der Waals surface area contributed by atoms with Crippen molar-refractivity contribution in [1.29, 1.82) is 0 Å². The van der Waals surface area contributed by atoms with Crippen LogP contribution in [0.1, 0.15) is 95.9 Å². The first-order chi connectivity index (χ1) is 21.2. The number of hydrogen-bond donors (Lipinski definition) is 3. The molecule has 44 heavy (non-hydrogen) atoms. The van der Waals surface area contributed by atoms with Gasteiger partial charge >= 0.3 is 37.0 Å². The number of aromatic nitrogens is 3. The molecule has 15 nitrogen and oxygen atoms in total. The Morgan fingerprint density at radius 3 is 1.91 bits per heavy atom. The number of fused-ring (bicyclic) bond motifs is 2. The van der Waals surface area contributed by atoms with Gasteiger partial charge in [0, 0.05) is 23.7 Å². The third-order valence-corrected chi connectivity index (χ3v) is 9.45. The van der Waals surface area contributed by atoms with E-state index in [0.717, 1.165) is 25.7 Å². The van der Waals surface area contributed by atoms with Gasteiger partial charge in [0.25, 0.3) is 0 Å². The summed E-state index contributed by atoms with van der Waals surface area (Å²) in [5.41, 5.74) is 2.24. The van der Waals surface area contributed by atoms with Crippen LogP contribution in [0.2, 0.25) is 0 Å². The lowest BCUT2D eigenvalue weighted by Gasteiger charge is -2.31. The van der Waals surface area contributed by atoms with E-state index in [1.807, 2.05) is 4.57 Å². The number of hydrazine groups is 1. The van der Waals surface area contributed by atoms with Gasteiger partial charge in [-0.25, -0.2) is 5.84 Å². The Kier molecular flexibility index (Phi) is 9.68. The molecule has 2 saturated carbocycles. The van der Waals surface area contributed by atoms with Crippen LogP contribution in [0.4, 0.5) is 0 Å². The number of rotatable bonds is 5. The first-order valence-electron chi connectivity index (χ1n) is 15.2. The zero-order valence-corrected chi connectivity index (χ0v) is 25.2. The fourth-order valence-corrected chi connectivity index (χ4v) is 7.42. The van der Waals surface area contributed by atoms with Crippen molar-refractivity contribution in [1.82, 2.24) is 25.5 Å². The molecule has 0 atom stereocenters. The summed E-state index contributed by atoms with van der Waals surface area (Å²) in [7, 11) is 0. The summed E-state index contributed by atoms with van der Waals surface area (Å²) in [6, 6.07) is 0.595. The van der Waals surface area contributed by atoms with Gasteiger partial charge in [0.1, 0.15) is 37.7 Å². The molecule has 4 aliphatic heterocycles. The van der Waals surface area contributed by atoms with Crippen molar-refractivity contribution in [3.63, 3.8) is 0 Å². The lowest BCUT2D eigenvalue weighted by molar-refractivity contribution is -0.140. The van der Waals surface area contributed by atoms with Gasteiger partial charge < -0.3 is 28.5 Å². The topological polar surface area (TPSA) is 203 Å². The lowest BCUT2D eigenvalue weighted by Crippen LogP contribution is -2.57. The first kappa shape index (κ1) is 31.6. The van der Waals surface area contributed by atoms with E-state index in [1.165, 1.54) is 38.5 Å². The van der Waals surface area contributed by atoms with Crippen LogP contribution in [0.3, 0.4) is 0 Å². The molecule has 5 heterocycles. The molecule has 0 bridgehead atoms. The highest BCUT2D eigenvalue weighted by atomic mass is 32.1. The standard InChI is InChI=1S/C13H16BN3O4.C12H16BNO4S.CH4N2O/c18-11-6-9-7-12(19)21-14(9,20-11)13-16-15-8-17(13)10-4-2-1-3-5-10;15-10-6-8-7-11(16)18-13(8,17-10)12(19)14-9-4-2-1-3-5-9;2-3-1-4/h8,10H,1-7H2;9H,1-7H2,(H,14,19);1H,2H2,(H,3,4). The van der Waals surface area contributed by atoms with Gasteiger partial charge in [0.05, 0.1) is 4.89 Å². The van der Waals surface area contributed by atoms with E-state index in [4.69, 9.17) is 35.6 Å². The Bertz CT molecular complexity index is 1250. The highest BCUT2D eigenvalue weighted by Crippen LogP contribution is 2.42. The quantitative estimate of drug-likeness (QED) is 0.0761. The van der Waals surface area contributed by atoms with Crippen molar-refractivity contribution >= 4 is 66.2 Å². The van der Waals surface area contributed by atoms with Gasteiger partial charge in [-0.05, 0) is 25.7 Å². The lowest BCUT2D eigenvalue weighted by atomic mass is 9.47. The smallest absolute Gasteiger partial charge is 0.608 e. The Morgan fingerprint density at radius 2 is 1.36 bits per heavy atom. The molecule has 1 aromatic heterocycles. The molecule has 6 aliphatic rings. The normalized spacial score (nSPS) is 23.5. The molecule has 1 amide bonds. The largest absolute Gasteiger partial charge is 0.624 e. The Hall–Kier alpha value is -3.79. The monoisotopic (exact) mass is 630 g/mol. The van der Waals surface area contributed by atoms with E-state index in [-0.39, 0.29) is 49.6 Å². The fourth-order valence-electron chi connectivity index (χ4n) is 7.00. The van der Waals surface area contributed by atoms with Gasteiger partial charge in [-0.1, -0.05) is 50.7 Å². The minimum Gasteiger partial charge on any atom is -0.608 e. The van der Waals surface area contributed by atoms with Crippen LogP contribution in [0.15, 0.2) is 6.33 Å². The Balaban J connectivity index is 0.000000157. The molecule has 1 aromatic rings. The Labute approximate surface area is 259 Å². The highest BCUT2D eigenvalue weighted by molar-refractivity contribution is 7.84. The number of hydrogen-bond acceptors (Lipinski definition) is 13. The van der Waals surface area contributed by atoms with Gasteiger partial charge in [-0.2, -0.15) is 5.10 Å².